The minimum Gasteiger partial charge on any atom is -0.492 e. The van der Waals surface area contributed by atoms with E-state index in [0.29, 0.717) is 38.6 Å². The highest BCUT2D eigenvalue weighted by Crippen LogP contribution is 2.33. The maximum Gasteiger partial charge on any atom is 0.240 e. The first-order chi connectivity index (χ1) is 19.8. The van der Waals surface area contributed by atoms with Crippen LogP contribution in [0, 0.1) is 18.3 Å². The molecule has 10 nitrogen and oxygen atoms in total. The second kappa shape index (κ2) is 18.6. The smallest absolute Gasteiger partial charge is 0.240 e. The third kappa shape index (κ3) is 13.0. The molecule has 0 bridgehead atoms. The van der Waals surface area contributed by atoms with Crippen LogP contribution in [0.5, 0.6) is 5.75 Å². The normalized spacial score (nSPS) is 12.9. The number of rotatable bonds is 17. The first-order valence-electron chi connectivity index (χ1n) is 14.2. The number of likely N-dealkylation sites (N-methyl/N-ethyl adjacent to an activating group) is 1. The summed E-state index contributed by atoms with van der Waals surface area (Å²) in [6.07, 6.45) is 4.95. The van der Waals surface area contributed by atoms with Crippen molar-refractivity contribution in [3.05, 3.63) is 65.2 Å². The Morgan fingerprint density at radius 1 is 1.12 bits per heavy atom. The number of hydrogen-bond donors (Lipinski definition) is 5. The van der Waals surface area contributed by atoms with Crippen LogP contribution < -0.4 is 26.4 Å². The van der Waals surface area contributed by atoms with Gasteiger partial charge in [-0.05, 0) is 57.2 Å². The predicted octanol–water partition coefficient (Wildman–Crippen LogP) is 2.03. The first kappa shape index (κ1) is 33.4. The van der Waals surface area contributed by atoms with Crippen LogP contribution in [-0.4, -0.2) is 81.8 Å². The van der Waals surface area contributed by atoms with Gasteiger partial charge in [-0.3, -0.25) is 15.0 Å². The summed E-state index contributed by atoms with van der Waals surface area (Å²) in [5, 5.41) is 16.3. The maximum atomic E-state index is 12.5. The lowest BCUT2D eigenvalue weighted by Gasteiger charge is -2.23. The van der Waals surface area contributed by atoms with Crippen LogP contribution in [0.15, 0.2) is 48.5 Å². The summed E-state index contributed by atoms with van der Waals surface area (Å²) in [5.41, 5.74) is 8.32. The van der Waals surface area contributed by atoms with Crippen LogP contribution in [0.25, 0.3) is 0 Å². The summed E-state index contributed by atoms with van der Waals surface area (Å²) in [6.45, 7) is 4.44. The molecule has 0 saturated heterocycles. The Kier molecular flexibility index (Phi) is 15.1. The molecule has 0 aliphatic heterocycles. The number of nitrogen functional groups attached to an aromatic ring is 1. The molecule has 2 amide bonds. The molecule has 41 heavy (non-hydrogen) atoms. The number of ether oxygens (including phenoxy) is 1. The summed E-state index contributed by atoms with van der Waals surface area (Å²) in [6, 6.07) is 15.2. The zero-order valence-electron chi connectivity index (χ0n) is 24.6. The molecule has 6 N–H and O–H groups in total. The number of nitrogens with one attached hydrogen (secondary N) is 4. The molecule has 10 heteroatoms. The topological polar surface area (TPSA) is 150 Å². The number of amides is 2. The molecule has 224 valence electrons. The largest absolute Gasteiger partial charge is 0.492 e. The van der Waals surface area contributed by atoms with Crippen LogP contribution in [0.4, 0.5) is 0 Å². The van der Waals surface area contributed by atoms with E-state index in [9.17, 15) is 14.4 Å². The third-order valence-corrected chi connectivity index (χ3v) is 6.69. The second-order valence-corrected chi connectivity index (χ2v) is 10.2. The summed E-state index contributed by atoms with van der Waals surface area (Å²) >= 11 is 0. The number of amidine groups is 1. The van der Waals surface area contributed by atoms with Crippen molar-refractivity contribution in [1.82, 2.24) is 20.9 Å². The Morgan fingerprint density at radius 3 is 2.46 bits per heavy atom. The van der Waals surface area contributed by atoms with Gasteiger partial charge in [0.05, 0.1) is 12.6 Å². The fourth-order valence-electron chi connectivity index (χ4n) is 4.12. The molecular formula is C31H46N6O4. The van der Waals surface area contributed by atoms with Crippen molar-refractivity contribution in [2.75, 3.05) is 46.9 Å². The van der Waals surface area contributed by atoms with E-state index in [-0.39, 0.29) is 30.2 Å². The van der Waals surface area contributed by atoms with Gasteiger partial charge in [-0.1, -0.05) is 48.0 Å². The summed E-state index contributed by atoms with van der Waals surface area (Å²) in [4.78, 5) is 36.3. The van der Waals surface area contributed by atoms with E-state index < -0.39 is 0 Å². The van der Waals surface area contributed by atoms with Gasteiger partial charge in [-0.15, -0.1) is 0 Å². The van der Waals surface area contributed by atoms with Crippen LogP contribution in [0.2, 0.25) is 0 Å². The van der Waals surface area contributed by atoms with E-state index in [2.05, 4.69) is 16.0 Å². The Morgan fingerprint density at radius 2 is 1.83 bits per heavy atom. The Hall–Kier alpha value is -3.76. The molecule has 2 aromatic carbocycles. The molecule has 1 aliphatic rings. The van der Waals surface area contributed by atoms with Crippen molar-refractivity contribution in [1.29, 1.82) is 5.41 Å². The quantitative estimate of drug-likeness (QED) is 0.0851. The van der Waals surface area contributed by atoms with E-state index in [1.165, 1.54) is 10.5 Å². The summed E-state index contributed by atoms with van der Waals surface area (Å²) in [5.74, 6) is 1.32. The van der Waals surface area contributed by atoms with E-state index in [1.807, 2.05) is 62.5 Å². The van der Waals surface area contributed by atoms with Crippen molar-refractivity contribution in [2.24, 2.45) is 11.7 Å². The van der Waals surface area contributed by atoms with Gasteiger partial charge in [0.25, 0.3) is 0 Å². The number of nitrogens with zero attached hydrogens (tertiary/aromatic N) is 1. The average molecular weight is 567 g/mol. The molecule has 0 aromatic heterocycles. The number of aryl methyl sites for hydroxylation is 2. The van der Waals surface area contributed by atoms with Gasteiger partial charge in [0.2, 0.25) is 11.8 Å². The van der Waals surface area contributed by atoms with Crippen molar-refractivity contribution in [3.8, 4) is 5.75 Å². The number of hydrogen-bond acceptors (Lipinski definition) is 7. The van der Waals surface area contributed by atoms with E-state index in [0.717, 1.165) is 48.8 Å². The number of benzene rings is 2. The molecule has 0 spiro atoms. The molecule has 1 unspecified atom stereocenters. The van der Waals surface area contributed by atoms with Gasteiger partial charge in [0.1, 0.15) is 24.5 Å². The fourth-order valence-corrected chi connectivity index (χ4v) is 4.12. The zero-order valence-corrected chi connectivity index (χ0v) is 24.6. The fraction of sp³-hybridized carbons (Fsp3) is 0.484. The second-order valence-electron chi connectivity index (χ2n) is 10.2. The van der Waals surface area contributed by atoms with E-state index in [4.69, 9.17) is 15.9 Å². The van der Waals surface area contributed by atoms with Crippen molar-refractivity contribution in [2.45, 2.75) is 45.1 Å². The molecule has 1 fully saturated rings. The molecule has 0 heterocycles. The number of carbonyl (C=O) groups excluding carboxylic acids is 3. The zero-order chi connectivity index (χ0) is 30.0. The van der Waals surface area contributed by atoms with Crippen molar-refractivity contribution < 1.29 is 19.1 Å². The lowest BCUT2D eigenvalue weighted by Crippen LogP contribution is -2.48. The van der Waals surface area contributed by atoms with Crippen molar-refractivity contribution in [3.63, 3.8) is 0 Å². The van der Waals surface area contributed by atoms with Gasteiger partial charge in [-0.25, -0.2) is 0 Å². The lowest BCUT2D eigenvalue weighted by atomic mass is 10.1. The molecule has 0 radical (unpaired) electrons. The SMILES string of the molecule is CNCCC(=O)NCCCc1ccccc1OCCNC(C(=O)N(C)CC=O)C1CC1.Cc1ccc(C(=N)N)cc1. The average Bonchev–Trinajstić information content (AvgIpc) is 3.80. The van der Waals surface area contributed by atoms with Crippen LogP contribution in [0.3, 0.4) is 0 Å². The maximum absolute atomic E-state index is 12.5. The van der Waals surface area contributed by atoms with E-state index in [1.54, 1.807) is 7.05 Å². The van der Waals surface area contributed by atoms with Crippen molar-refractivity contribution >= 4 is 23.9 Å². The first-order valence-corrected chi connectivity index (χ1v) is 14.2. The molecule has 1 atom stereocenters. The summed E-state index contributed by atoms with van der Waals surface area (Å²) in [7, 11) is 3.49. The van der Waals surface area contributed by atoms with Crippen LogP contribution >= 0.6 is 0 Å². The molecule has 1 aliphatic carbocycles. The third-order valence-electron chi connectivity index (χ3n) is 6.69. The predicted molar refractivity (Wildman–Crippen MR) is 162 cm³/mol. The monoisotopic (exact) mass is 566 g/mol. The van der Waals surface area contributed by atoms with Gasteiger partial charge in [0.15, 0.2) is 0 Å². The summed E-state index contributed by atoms with van der Waals surface area (Å²) < 4.78 is 5.97. The van der Waals surface area contributed by atoms with Gasteiger partial charge < -0.3 is 36.1 Å². The Balaban J connectivity index is 0.000000493. The van der Waals surface area contributed by atoms with Gasteiger partial charge in [0, 0.05) is 38.7 Å². The Labute approximate surface area is 243 Å². The molecule has 3 rings (SSSR count). The molecule has 1 saturated carbocycles. The molecule has 2 aromatic rings. The standard InChI is InChI=1S/C23H36N4O4.C8H10N2/c1-24-13-11-21(29)25-12-5-7-18-6-3-4-8-20(18)31-17-14-26-22(19-9-10-19)23(30)27(2)15-16-28;1-6-2-4-7(5-3-6)8(9)10/h3-4,6,8,16,19,22,24,26H,5,7,9-15,17H2,1-2H3,(H,25,29);2-5H,1H3,(H3,9,10). The number of aldehydes is 1. The number of carbonyl (C=O) groups is 3. The minimum atomic E-state index is -0.254. The highest BCUT2D eigenvalue weighted by atomic mass is 16.5. The van der Waals surface area contributed by atoms with Crippen LogP contribution in [-0.2, 0) is 20.8 Å². The minimum absolute atomic E-state index is 0.0354. The number of para-hydroxylation sites is 1. The highest BCUT2D eigenvalue weighted by Gasteiger charge is 2.37. The molecular weight excluding hydrogens is 520 g/mol. The number of nitrogens with two attached hydrogens (primary N) is 1. The lowest BCUT2D eigenvalue weighted by molar-refractivity contribution is -0.134. The highest BCUT2D eigenvalue weighted by molar-refractivity contribution is 5.94. The van der Waals surface area contributed by atoms with E-state index >= 15 is 0 Å². The Bertz CT molecular complexity index is 1100. The van der Waals surface area contributed by atoms with Gasteiger partial charge >= 0.3 is 0 Å². The van der Waals surface area contributed by atoms with Gasteiger partial charge in [-0.2, -0.15) is 0 Å². The van der Waals surface area contributed by atoms with Crippen LogP contribution in [0.1, 0.15) is 42.4 Å².